The van der Waals surface area contributed by atoms with Gasteiger partial charge in [0.25, 0.3) is 0 Å². The zero-order chi connectivity index (χ0) is 15.3. The summed E-state index contributed by atoms with van der Waals surface area (Å²) in [4.78, 5) is 12.8. The molecule has 0 aliphatic carbocycles. The lowest BCUT2D eigenvalue weighted by Crippen LogP contribution is -2.27. The van der Waals surface area contributed by atoms with Crippen LogP contribution in [0.2, 0.25) is 0 Å². The van der Waals surface area contributed by atoms with Crippen molar-refractivity contribution in [2.45, 2.75) is 46.0 Å². The number of nitrogens with zero attached hydrogens (tertiary/aromatic N) is 2. The standard InChI is InChI=1S/C15H22N2O2S/c1-5-7-17(8-6-13(18)19)14-11(9-16)12(10-20-14)15(2,3)4/h10H,5-8H2,1-4H3,(H,18,19). The SMILES string of the molecule is CCCN(CCC(=O)O)c1scc(C(C)(C)C)c1C#N. The lowest BCUT2D eigenvalue weighted by Gasteiger charge is -2.23. The fourth-order valence-corrected chi connectivity index (χ4v) is 3.36. The fourth-order valence-electron chi connectivity index (χ4n) is 2.06. The Kier molecular flexibility index (Phi) is 5.58. The van der Waals surface area contributed by atoms with Gasteiger partial charge >= 0.3 is 5.97 Å². The van der Waals surface area contributed by atoms with Crippen molar-refractivity contribution >= 4 is 22.3 Å². The second-order valence-electron chi connectivity index (χ2n) is 5.82. The van der Waals surface area contributed by atoms with Crippen molar-refractivity contribution in [3.8, 4) is 6.07 Å². The van der Waals surface area contributed by atoms with Gasteiger partial charge in [-0.1, -0.05) is 27.7 Å². The predicted octanol–water partition coefficient (Wildman–Crippen LogP) is 3.61. The third-order valence-corrected chi connectivity index (χ3v) is 4.11. The summed E-state index contributed by atoms with van der Waals surface area (Å²) in [5, 5.41) is 21.2. The number of thiophene rings is 1. The molecule has 0 fully saturated rings. The molecule has 0 atom stereocenters. The molecule has 1 aromatic rings. The highest BCUT2D eigenvalue weighted by Crippen LogP contribution is 2.37. The molecule has 0 bridgehead atoms. The van der Waals surface area contributed by atoms with E-state index in [9.17, 15) is 10.1 Å². The van der Waals surface area contributed by atoms with Crippen molar-refractivity contribution in [2.24, 2.45) is 0 Å². The average molecular weight is 294 g/mol. The zero-order valence-electron chi connectivity index (χ0n) is 12.6. The monoisotopic (exact) mass is 294 g/mol. The molecule has 1 N–H and O–H groups in total. The number of carboxylic acids is 1. The largest absolute Gasteiger partial charge is 0.481 e. The average Bonchev–Trinajstić information content (AvgIpc) is 2.77. The first-order valence-electron chi connectivity index (χ1n) is 6.80. The molecule has 0 aliphatic heterocycles. The van der Waals surface area contributed by atoms with Crippen LogP contribution in [-0.2, 0) is 10.2 Å². The second kappa shape index (κ2) is 6.76. The maximum absolute atomic E-state index is 10.8. The van der Waals surface area contributed by atoms with Crippen molar-refractivity contribution in [1.82, 2.24) is 0 Å². The Labute approximate surface area is 124 Å². The number of nitriles is 1. The smallest absolute Gasteiger partial charge is 0.305 e. The van der Waals surface area contributed by atoms with Gasteiger partial charge in [0.1, 0.15) is 11.1 Å². The van der Waals surface area contributed by atoms with Gasteiger partial charge in [-0.3, -0.25) is 4.79 Å². The molecule has 1 rings (SSSR count). The van der Waals surface area contributed by atoms with E-state index in [4.69, 9.17) is 5.11 Å². The number of hydrogen-bond donors (Lipinski definition) is 1. The summed E-state index contributed by atoms with van der Waals surface area (Å²) in [5.74, 6) is -0.808. The van der Waals surface area contributed by atoms with Crippen LogP contribution in [-0.4, -0.2) is 24.2 Å². The van der Waals surface area contributed by atoms with Gasteiger partial charge in [0, 0.05) is 13.1 Å². The summed E-state index contributed by atoms with van der Waals surface area (Å²) in [7, 11) is 0. The molecular formula is C15H22N2O2S. The van der Waals surface area contributed by atoms with Crippen LogP contribution in [0.1, 0.15) is 51.7 Å². The van der Waals surface area contributed by atoms with Crippen molar-refractivity contribution in [2.75, 3.05) is 18.0 Å². The summed E-state index contributed by atoms with van der Waals surface area (Å²) in [5.41, 5.74) is 1.66. The van der Waals surface area contributed by atoms with Gasteiger partial charge in [-0.25, -0.2) is 0 Å². The minimum atomic E-state index is -0.808. The van der Waals surface area contributed by atoms with Crippen molar-refractivity contribution in [1.29, 1.82) is 5.26 Å². The number of rotatable bonds is 6. The van der Waals surface area contributed by atoms with E-state index in [0.717, 1.165) is 23.5 Å². The molecular weight excluding hydrogens is 272 g/mol. The Hall–Kier alpha value is -1.54. The minimum Gasteiger partial charge on any atom is -0.481 e. The Balaban J connectivity index is 3.11. The van der Waals surface area contributed by atoms with Crippen LogP contribution in [0.4, 0.5) is 5.00 Å². The zero-order valence-corrected chi connectivity index (χ0v) is 13.4. The normalized spacial score (nSPS) is 11.2. The topological polar surface area (TPSA) is 64.3 Å². The van der Waals surface area contributed by atoms with E-state index in [2.05, 4.69) is 33.8 Å². The first kappa shape index (κ1) is 16.5. The third kappa shape index (κ3) is 3.97. The van der Waals surface area contributed by atoms with Crippen LogP contribution in [0.3, 0.4) is 0 Å². The molecule has 1 aromatic heterocycles. The van der Waals surface area contributed by atoms with Gasteiger partial charge in [0.2, 0.25) is 0 Å². The molecule has 110 valence electrons. The molecule has 5 heteroatoms. The molecule has 0 unspecified atom stereocenters. The molecule has 4 nitrogen and oxygen atoms in total. The van der Waals surface area contributed by atoms with E-state index in [-0.39, 0.29) is 11.8 Å². The maximum atomic E-state index is 10.8. The maximum Gasteiger partial charge on any atom is 0.305 e. The van der Waals surface area contributed by atoms with Crippen molar-refractivity contribution in [3.63, 3.8) is 0 Å². The summed E-state index contributed by atoms with van der Waals surface area (Å²) in [6.45, 7) is 9.52. The van der Waals surface area contributed by atoms with Gasteiger partial charge in [0.15, 0.2) is 0 Å². The molecule has 0 spiro atoms. The summed E-state index contributed by atoms with van der Waals surface area (Å²) in [6.07, 6.45) is 1.01. The molecule has 0 aliphatic rings. The highest BCUT2D eigenvalue weighted by molar-refractivity contribution is 7.14. The number of aliphatic carboxylic acids is 1. The van der Waals surface area contributed by atoms with E-state index in [1.54, 1.807) is 0 Å². The molecule has 0 aromatic carbocycles. The van der Waals surface area contributed by atoms with Gasteiger partial charge < -0.3 is 10.0 Å². The summed E-state index contributed by atoms with van der Waals surface area (Å²) in [6, 6.07) is 2.30. The number of carboxylic acid groups (broad SMARTS) is 1. The first-order valence-corrected chi connectivity index (χ1v) is 7.68. The lowest BCUT2D eigenvalue weighted by molar-refractivity contribution is -0.136. The van der Waals surface area contributed by atoms with E-state index in [1.807, 2.05) is 10.3 Å². The van der Waals surface area contributed by atoms with Crippen LogP contribution in [0.25, 0.3) is 0 Å². The van der Waals surface area contributed by atoms with Crippen LogP contribution in [0, 0.1) is 11.3 Å². The Morgan fingerprint density at radius 1 is 1.45 bits per heavy atom. The molecule has 0 amide bonds. The Morgan fingerprint density at radius 3 is 2.55 bits per heavy atom. The Bertz CT molecular complexity index is 509. The first-order chi connectivity index (χ1) is 9.31. The van der Waals surface area contributed by atoms with Crippen LogP contribution in [0.5, 0.6) is 0 Å². The molecule has 20 heavy (non-hydrogen) atoms. The highest BCUT2D eigenvalue weighted by atomic mass is 32.1. The van der Waals surface area contributed by atoms with Crippen LogP contribution in [0.15, 0.2) is 5.38 Å². The number of anilines is 1. The van der Waals surface area contributed by atoms with Gasteiger partial charge in [-0.2, -0.15) is 5.26 Å². The molecule has 0 saturated carbocycles. The number of hydrogen-bond acceptors (Lipinski definition) is 4. The molecule has 1 heterocycles. The van der Waals surface area contributed by atoms with E-state index in [0.29, 0.717) is 12.1 Å². The summed E-state index contributed by atoms with van der Waals surface area (Å²) < 4.78 is 0. The van der Waals surface area contributed by atoms with E-state index >= 15 is 0 Å². The number of carbonyl (C=O) groups is 1. The van der Waals surface area contributed by atoms with E-state index < -0.39 is 5.97 Å². The fraction of sp³-hybridized carbons (Fsp3) is 0.600. The second-order valence-corrected chi connectivity index (χ2v) is 6.68. The van der Waals surface area contributed by atoms with Gasteiger partial charge in [-0.05, 0) is 22.8 Å². The lowest BCUT2D eigenvalue weighted by atomic mass is 9.86. The molecule has 0 saturated heterocycles. The summed E-state index contributed by atoms with van der Waals surface area (Å²) >= 11 is 1.54. The highest BCUT2D eigenvalue weighted by Gasteiger charge is 2.24. The van der Waals surface area contributed by atoms with Crippen LogP contribution >= 0.6 is 11.3 Å². The molecule has 0 radical (unpaired) electrons. The van der Waals surface area contributed by atoms with Crippen molar-refractivity contribution in [3.05, 3.63) is 16.5 Å². The predicted molar refractivity (Wildman–Crippen MR) is 82.5 cm³/mol. The third-order valence-electron chi connectivity index (χ3n) is 3.07. The van der Waals surface area contributed by atoms with Gasteiger partial charge in [-0.15, -0.1) is 11.3 Å². The quantitative estimate of drug-likeness (QED) is 0.870. The van der Waals surface area contributed by atoms with Crippen LogP contribution < -0.4 is 4.90 Å². The van der Waals surface area contributed by atoms with Crippen molar-refractivity contribution < 1.29 is 9.90 Å². The Morgan fingerprint density at radius 2 is 2.10 bits per heavy atom. The minimum absolute atomic E-state index is 0.0789. The van der Waals surface area contributed by atoms with E-state index in [1.165, 1.54) is 11.3 Å². The van der Waals surface area contributed by atoms with Gasteiger partial charge in [0.05, 0.1) is 12.0 Å².